The third kappa shape index (κ3) is 11.2. The van der Waals surface area contributed by atoms with Crippen LogP contribution in [0.4, 0.5) is 11.4 Å². The van der Waals surface area contributed by atoms with Crippen LogP contribution >= 0.6 is 24.8 Å². The van der Waals surface area contributed by atoms with E-state index in [4.69, 9.17) is 20.9 Å². The molecule has 29 heavy (non-hydrogen) atoms. The van der Waals surface area contributed by atoms with Crippen molar-refractivity contribution in [1.82, 2.24) is 0 Å². The highest BCUT2D eigenvalue weighted by molar-refractivity contribution is 5.85. The van der Waals surface area contributed by atoms with Crippen LogP contribution in [0.15, 0.2) is 58.5 Å². The van der Waals surface area contributed by atoms with E-state index in [9.17, 15) is 0 Å². The first-order valence-electron chi connectivity index (χ1n) is 9.10. The first kappa shape index (κ1) is 26.6. The van der Waals surface area contributed by atoms with Gasteiger partial charge in [0.2, 0.25) is 0 Å². The van der Waals surface area contributed by atoms with Crippen LogP contribution in [0.2, 0.25) is 0 Å². The first-order valence-corrected chi connectivity index (χ1v) is 9.10. The lowest BCUT2D eigenvalue weighted by Crippen LogP contribution is -2.03. The summed E-state index contributed by atoms with van der Waals surface area (Å²) in [4.78, 5) is 8.37. The fraction of sp³-hybridized carbons (Fsp3) is 0.333. The SMILES string of the molecule is CC(N)=Nc1ccc(OCCCCCOc2ccc(N=C(C)N)cc2)cc1.Cl.Cl. The maximum Gasteiger partial charge on any atom is 0.119 e. The van der Waals surface area contributed by atoms with Crippen LogP contribution in [0, 0.1) is 0 Å². The summed E-state index contributed by atoms with van der Waals surface area (Å²) < 4.78 is 11.5. The number of hydrogen-bond acceptors (Lipinski definition) is 4. The molecule has 0 saturated carbocycles. The highest BCUT2D eigenvalue weighted by Gasteiger charge is 1.98. The van der Waals surface area contributed by atoms with E-state index >= 15 is 0 Å². The summed E-state index contributed by atoms with van der Waals surface area (Å²) in [6.45, 7) is 4.90. The summed E-state index contributed by atoms with van der Waals surface area (Å²) >= 11 is 0. The minimum Gasteiger partial charge on any atom is -0.494 e. The Balaban J connectivity index is 0.00000392. The molecule has 0 fully saturated rings. The molecule has 0 aromatic heterocycles. The average molecular weight is 441 g/mol. The largest absolute Gasteiger partial charge is 0.494 e. The van der Waals surface area contributed by atoms with E-state index in [1.807, 2.05) is 48.5 Å². The van der Waals surface area contributed by atoms with E-state index in [1.165, 1.54) is 0 Å². The number of amidine groups is 2. The Kier molecular flexibility index (Phi) is 13.3. The molecule has 2 rings (SSSR count). The molecule has 0 aliphatic rings. The van der Waals surface area contributed by atoms with Crippen LogP contribution in [0.25, 0.3) is 0 Å². The fourth-order valence-electron chi connectivity index (χ4n) is 2.40. The van der Waals surface area contributed by atoms with Crippen molar-refractivity contribution in [2.45, 2.75) is 33.1 Å². The standard InChI is InChI=1S/C21H28N4O2.2ClH/c1-16(22)24-18-6-10-20(11-7-18)26-14-4-3-5-15-27-21-12-8-19(9-13-21)25-17(2)23;;/h6-13H,3-5,14-15H2,1-2H3,(H2,22,24)(H2,23,25);2*1H. The van der Waals surface area contributed by atoms with E-state index in [0.29, 0.717) is 24.9 Å². The van der Waals surface area contributed by atoms with E-state index in [1.54, 1.807) is 13.8 Å². The number of ether oxygens (including phenoxy) is 2. The molecule has 2 aromatic carbocycles. The molecule has 0 spiro atoms. The van der Waals surface area contributed by atoms with Gasteiger partial charge < -0.3 is 20.9 Å². The third-order valence-corrected chi connectivity index (χ3v) is 3.61. The van der Waals surface area contributed by atoms with Gasteiger partial charge in [-0.15, -0.1) is 24.8 Å². The highest BCUT2D eigenvalue weighted by Crippen LogP contribution is 2.19. The number of aliphatic imine (C=N–C) groups is 2. The Hall–Kier alpha value is -2.44. The maximum absolute atomic E-state index is 5.73. The normalized spacial score (nSPS) is 11.2. The van der Waals surface area contributed by atoms with E-state index < -0.39 is 0 Å². The van der Waals surface area contributed by atoms with Crippen LogP contribution < -0.4 is 20.9 Å². The molecule has 6 nitrogen and oxygen atoms in total. The van der Waals surface area contributed by atoms with Gasteiger partial charge in [-0.3, -0.25) is 0 Å². The quantitative estimate of drug-likeness (QED) is 0.302. The van der Waals surface area contributed by atoms with Gasteiger partial charge in [-0.2, -0.15) is 0 Å². The molecular weight excluding hydrogens is 411 g/mol. The number of halogens is 2. The lowest BCUT2D eigenvalue weighted by atomic mass is 10.2. The predicted octanol–water partition coefficient (Wildman–Crippen LogP) is 5.18. The number of hydrogen-bond donors (Lipinski definition) is 2. The van der Waals surface area contributed by atoms with Crippen LogP contribution in [-0.2, 0) is 0 Å². The molecule has 2 aromatic rings. The number of nitrogens with two attached hydrogens (primary N) is 2. The molecule has 0 aliphatic carbocycles. The van der Waals surface area contributed by atoms with Gasteiger partial charge >= 0.3 is 0 Å². The van der Waals surface area contributed by atoms with E-state index in [0.717, 1.165) is 42.1 Å². The first-order chi connectivity index (χ1) is 13.0. The summed E-state index contributed by atoms with van der Waals surface area (Å²) in [7, 11) is 0. The molecule has 0 unspecified atom stereocenters. The van der Waals surface area contributed by atoms with Gasteiger partial charge in [-0.25, -0.2) is 9.98 Å². The van der Waals surface area contributed by atoms with Gasteiger partial charge in [-0.1, -0.05) is 0 Å². The topological polar surface area (TPSA) is 95.2 Å². The molecule has 0 amide bonds. The highest BCUT2D eigenvalue weighted by atomic mass is 35.5. The monoisotopic (exact) mass is 440 g/mol. The van der Waals surface area contributed by atoms with Crippen LogP contribution in [0.5, 0.6) is 11.5 Å². The van der Waals surface area contributed by atoms with Gasteiger partial charge in [0.1, 0.15) is 11.5 Å². The molecule has 0 heterocycles. The van der Waals surface area contributed by atoms with Crippen molar-refractivity contribution in [3.8, 4) is 11.5 Å². The molecule has 0 aliphatic heterocycles. The van der Waals surface area contributed by atoms with Crippen molar-refractivity contribution in [2.24, 2.45) is 21.5 Å². The summed E-state index contributed by atoms with van der Waals surface area (Å²) in [5.41, 5.74) is 12.8. The van der Waals surface area contributed by atoms with Crippen molar-refractivity contribution in [1.29, 1.82) is 0 Å². The Labute approximate surface area is 185 Å². The minimum atomic E-state index is 0. The minimum absolute atomic E-state index is 0. The summed E-state index contributed by atoms with van der Waals surface area (Å²) in [5.74, 6) is 2.77. The smallest absolute Gasteiger partial charge is 0.119 e. The lowest BCUT2D eigenvalue weighted by Gasteiger charge is -2.08. The van der Waals surface area contributed by atoms with Crippen molar-refractivity contribution >= 4 is 47.9 Å². The molecule has 0 atom stereocenters. The Morgan fingerprint density at radius 3 is 1.31 bits per heavy atom. The van der Waals surface area contributed by atoms with Gasteiger partial charge in [-0.05, 0) is 81.6 Å². The molecule has 0 bridgehead atoms. The molecule has 160 valence electrons. The second-order valence-electron chi connectivity index (χ2n) is 6.25. The fourth-order valence-corrected chi connectivity index (χ4v) is 2.40. The molecule has 8 heteroatoms. The van der Waals surface area contributed by atoms with Crippen LogP contribution in [0.1, 0.15) is 33.1 Å². The molecule has 0 radical (unpaired) electrons. The Morgan fingerprint density at radius 2 is 1.00 bits per heavy atom. The number of benzene rings is 2. The second-order valence-corrected chi connectivity index (χ2v) is 6.25. The van der Waals surface area contributed by atoms with Gasteiger partial charge in [0.05, 0.1) is 36.3 Å². The van der Waals surface area contributed by atoms with Crippen molar-refractivity contribution in [3.05, 3.63) is 48.5 Å². The van der Waals surface area contributed by atoms with Crippen molar-refractivity contribution < 1.29 is 9.47 Å². The Bertz CT molecular complexity index is 690. The zero-order valence-corrected chi connectivity index (χ0v) is 18.5. The van der Waals surface area contributed by atoms with Crippen LogP contribution in [-0.4, -0.2) is 24.9 Å². The maximum atomic E-state index is 5.73. The van der Waals surface area contributed by atoms with E-state index in [-0.39, 0.29) is 24.8 Å². The van der Waals surface area contributed by atoms with Crippen LogP contribution in [0.3, 0.4) is 0 Å². The summed E-state index contributed by atoms with van der Waals surface area (Å²) in [6, 6.07) is 15.2. The zero-order chi connectivity index (χ0) is 19.5. The Morgan fingerprint density at radius 1 is 0.655 bits per heavy atom. The van der Waals surface area contributed by atoms with Gasteiger partial charge in [0.15, 0.2) is 0 Å². The van der Waals surface area contributed by atoms with Gasteiger partial charge in [0, 0.05) is 0 Å². The van der Waals surface area contributed by atoms with E-state index in [2.05, 4.69) is 9.98 Å². The second kappa shape index (κ2) is 14.5. The lowest BCUT2D eigenvalue weighted by molar-refractivity contribution is 0.279. The number of nitrogens with zero attached hydrogens (tertiary/aromatic N) is 2. The van der Waals surface area contributed by atoms with Gasteiger partial charge in [0.25, 0.3) is 0 Å². The predicted molar refractivity (Wildman–Crippen MR) is 126 cm³/mol. The number of rotatable bonds is 10. The molecule has 4 N–H and O–H groups in total. The van der Waals surface area contributed by atoms with Crippen molar-refractivity contribution in [2.75, 3.05) is 13.2 Å². The molecule has 0 saturated heterocycles. The molecular formula is C21H30Cl2N4O2. The summed E-state index contributed by atoms with van der Waals surface area (Å²) in [6.07, 6.45) is 3.01. The average Bonchev–Trinajstić information content (AvgIpc) is 2.63. The third-order valence-electron chi connectivity index (χ3n) is 3.61. The summed E-state index contributed by atoms with van der Waals surface area (Å²) in [5, 5.41) is 0. The zero-order valence-electron chi connectivity index (χ0n) is 16.8. The van der Waals surface area contributed by atoms with Crippen molar-refractivity contribution in [3.63, 3.8) is 0 Å². The number of unbranched alkanes of at least 4 members (excludes halogenated alkanes) is 2.